The first kappa shape index (κ1) is 11.9. The minimum Gasteiger partial charge on any atom is -0.402 e. The highest BCUT2D eigenvalue weighted by molar-refractivity contribution is 5.02. The Morgan fingerprint density at radius 1 is 1.25 bits per heavy atom. The van der Waals surface area contributed by atoms with Crippen LogP contribution in [0, 0.1) is 0 Å². The van der Waals surface area contributed by atoms with Crippen LogP contribution in [0.3, 0.4) is 0 Å². The van der Waals surface area contributed by atoms with E-state index in [9.17, 15) is 0 Å². The Morgan fingerprint density at radius 2 is 1.94 bits per heavy atom. The molecule has 3 heteroatoms. The maximum Gasteiger partial charge on any atom is 0.0628 e. The lowest BCUT2D eigenvalue weighted by molar-refractivity contribution is -0.122. The van der Waals surface area contributed by atoms with Gasteiger partial charge in [0, 0.05) is 5.70 Å². The van der Waals surface area contributed by atoms with Gasteiger partial charge >= 0.3 is 0 Å². The van der Waals surface area contributed by atoms with Gasteiger partial charge in [0.25, 0.3) is 0 Å². The molecule has 3 unspecified atom stereocenters. The summed E-state index contributed by atoms with van der Waals surface area (Å²) in [6.07, 6.45) is 8.61. The SMILES string of the molecule is CC1CC(OC2CC=C(N)CC2)CC(C)O1. The van der Waals surface area contributed by atoms with Crippen molar-refractivity contribution in [2.24, 2.45) is 5.73 Å². The van der Waals surface area contributed by atoms with Gasteiger partial charge in [-0.25, -0.2) is 0 Å². The fourth-order valence-corrected chi connectivity index (χ4v) is 2.68. The van der Waals surface area contributed by atoms with Crippen molar-refractivity contribution < 1.29 is 9.47 Å². The molecule has 1 aliphatic heterocycles. The molecule has 3 nitrogen and oxygen atoms in total. The molecule has 2 rings (SSSR count). The first-order chi connectivity index (χ1) is 7.63. The quantitative estimate of drug-likeness (QED) is 0.784. The third-order valence-electron chi connectivity index (χ3n) is 3.44. The summed E-state index contributed by atoms with van der Waals surface area (Å²) in [5, 5.41) is 0. The lowest BCUT2D eigenvalue weighted by Gasteiger charge is -2.35. The first-order valence-corrected chi connectivity index (χ1v) is 6.39. The zero-order chi connectivity index (χ0) is 11.5. The van der Waals surface area contributed by atoms with E-state index in [1.807, 2.05) is 0 Å². The van der Waals surface area contributed by atoms with E-state index in [0.29, 0.717) is 24.4 Å². The maximum atomic E-state index is 6.14. The second-order valence-electron chi connectivity index (χ2n) is 5.16. The highest BCUT2D eigenvalue weighted by Crippen LogP contribution is 2.26. The molecule has 0 aromatic heterocycles. The van der Waals surface area contributed by atoms with Crippen molar-refractivity contribution in [2.45, 2.75) is 70.4 Å². The molecule has 3 atom stereocenters. The van der Waals surface area contributed by atoms with Crippen LogP contribution in [-0.2, 0) is 9.47 Å². The predicted molar refractivity (Wildman–Crippen MR) is 64.0 cm³/mol. The van der Waals surface area contributed by atoms with Gasteiger partial charge in [-0.2, -0.15) is 0 Å². The lowest BCUT2D eigenvalue weighted by atomic mass is 9.99. The molecule has 1 heterocycles. The third kappa shape index (κ3) is 3.22. The highest BCUT2D eigenvalue weighted by Gasteiger charge is 2.27. The average Bonchev–Trinajstić information content (AvgIpc) is 2.20. The molecule has 0 spiro atoms. The van der Waals surface area contributed by atoms with E-state index < -0.39 is 0 Å². The van der Waals surface area contributed by atoms with Crippen LogP contribution in [0.15, 0.2) is 11.8 Å². The van der Waals surface area contributed by atoms with E-state index in [-0.39, 0.29) is 0 Å². The van der Waals surface area contributed by atoms with Gasteiger partial charge in [-0.1, -0.05) is 6.08 Å². The molecule has 0 aromatic rings. The third-order valence-corrected chi connectivity index (χ3v) is 3.44. The van der Waals surface area contributed by atoms with Crippen molar-refractivity contribution in [3.8, 4) is 0 Å². The zero-order valence-electron chi connectivity index (χ0n) is 10.3. The topological polar surface area (TPSA) is 44.5 Å². The molecule has 0 bridgehead atoms. The van der Waals surface area contributed by atoms with Gasteiger partial charge in [-0.15, -0.1) is 0 Å². The number of allylic oxidation sites excluding steroid dienone is 1. The van der Waals surface area contributed by atoms with Crippen LogP contribution in [0.25, 0.3) is 0 Å². The lowest BCUT2D eigenvalue weighted by Crippen LogP contribution is -2.36. The Hall–Kier alpha value is -0.540. The van der Waals surface area contributed by atoms with Gasteiger partial charge in [-0.05, 0) is 46.0 Å². The summed E-state index contributed by atoms with van der Waals surface area (Å²) in [5.41, 5.74) is 6.78. The van der Waals surface area contributed by atoms with Crippen LogP contribution in [0.4, 0.5) is 0 Å². The average molecular weight is 225 g/mol. The van der Waals surface area contributed by atoms with E-state index >= 15 is 0 Å². The number of hydrogen-bond donors (Lipinski definition) is 1. The highest BCUT2D eigenvalue weighted by atomic mass is 16.5. The van der Waals surface area contributed by atoms with E-state index in [0.717, 1.165) is 37.8 Å². The van der Waals surface area contributed by atoms with Crippen LogP contribution >= 0.6 is 0 Å². The Labute approximate surface area is 98.0 Å². The van der Waals surface area contributed by atoms with Crippen molar-refractivity contribution in [1.29, 1.82) is 0 Å². The number of rotatable bonds is 2. The van der Waals surface area contributed by atoms with Gasteiger partial charge < -0.3 is 15.2 Å². The molecular formula is C13H23NO2. The van der Waals surface area contributed by atoms with Crippen LogP contribution in [0.1, 0.15) is 46.0 Å². The standard InChI is InChI=1S/C13H23NO2/c1-9-7-13(8-10(2)15-9)16-12-5-3-11(14)4-6-12/h3,9-10,12-13H,4-8,14H2,1-2H3. The molecule has 1 saturated heterocycles. The van der Waals surface area contributed by atoms with Gasteiger partial charge in [-0.3, -0.25) is 0 Å². The van der Waals surface area contributed by atoms with Crippen LogP contribution in [0.5, 0.6) is 0 Å². The summed E-state index contributed by atoms with van der Waals surface area (Å²) in [6, 6.07) is 0. The van der Waals surface area contributed by atoms with Crippen molar-refractivity contribution in [3.63, 3.8) is 0 Å². The summed E-state index contributed by atoms with van der Waals surface area (Å²) in [5.74, 6) is 0. The van der Waals surface area contributed by atoms with E-state index in [4.69, 9.17) is 15.2 Å². The van der Waals surface area contributed by atoms with Crippen molar-refractivity contribution >= 4 is 0 Å². The molecule has 2 N–H and O–H groups in total. The molecular weight excluding hydrogens is 202 g/mol. The Kier molecular flexibility index (Phi) is 3.87. The van der Waals surface area contributed by atoms with Crippen LogP contribution in [-0.4, -0.2) is 24.4 Å². The normalized spacial score (nSPS) is 40.5. The molecule has 0 saturated carbocycles. The van der Waals surface area contributed by atoms with Gasteiger partial charge in [0.2, 0.25) is 0 Å². The molecule has 1 fully saturated rings. The smallest absolute Gasteiger partial charge is 0.0628 e. The fraction of sp³-hybridized carbons (Fsp3) is 0.846. The summed E-state index contributed by atoms with van der Waals surface area (Å²) in [4.78, 5) is 0. The zero-order valence-corrected chi connectivity index (χ0v) is 10.3. The minimum atomic E-state index is 0.331. The van der Waals surface area contributed by atoms with Crippen molar-refractivity contribution in [2.75, 3.05) is 0 Å². The first-order valence-electron chi connectivity index (χ1n) is 6.39. The van der Waals surface area contributed by atoms with Gasteiger partial charge in [0.1, 0.15) is 0 Å². The summed E-state index contributed by atoms with van der Waals surface area (Å²) in [7, 11) is 0. The Balaban J connectivity index is 1.81. The number of nitrogens with two attached hydrogens (primary N) is 1. The second-order valence-corrected chi connectivity index (χ2v) is 5.16. The molecule has 92 valence electrons. The monoisotopic (exact) mass is 225 g/mol. The largest absolute Gasteiger partial charge is 0.402 e. The molecule has 2 aliphatic rings. The Bertz CT molecular complexity index is 255. The molecule has 1 aliphatic carbocycles. The fourth-order valence-electron chi connectivity index (χ4n) is 2.68. The van der Waals surface area contributed by atoms with Gasteiger partial charge in [0.05, 0.1) is 24.4 Å². The predicted octanol–water partition coefficient (Wildman–Crippen LogP) is 2.35. The summed E-state index contributed by atoms with van der Waals surface area (Å²) in [6.45, 7) is 4.26. The van der Waals surface area contributed by atoms with Crippen molar-refractivity contribution in [1.82, 2.24) is 0 Å². The van der Waals surface area contributed by atoms with Crippen LogP contribution < -0.4 is 5.73 Å². The minimum absolute atomic E-state index is 0.331. The van der Waals surface area contributed by atoms with E-state index in [2.05, 4.69) is 19.9 Å². The van der Waals surface area contributed by atoms with Gasteiger partial charge in [0.15, 0.2) is 0 Å². The molecule has 0 aromatic carbocycles. The molecule has 0 amide bonds. The molecule has 0 radical (unpaired) electrons. The maximum absolute atomic E-state index is 6.14. The number of hydrogen-bond acceptors (Lipinski definition) is 3. The van der Waals surface area contributed by atoms with E-state index in [1.54, 1.807) is 0 Å². The van der Waals surface area contributed by atoms with E-state index in [1.165, 1.54) is 0 Å². The summed E-state index contributed by atoms with van der Waals surface area (Å²) >= 11 is 0. The Morgan fingerprint density at radius 3 is 2.50 bits per heavy atom. The summed E-state index contributed by atoms with van der Waals surface area (Å²) < 4.78 is 11.9. The molecule has 16 heavy (non-hydrogen) atoms. The number of ether oxygens (including phenoxy) is 2. The van der Waals surface area contributed by atoms with Crippen molar-refractivity contribution in [3.05, 3.63) is 11.8 Å². The van der Waals surface area contributed by atoms with Crippen LogP contribution in [0.2, 0.25) is 0 Å². The second kappa shape index (κ2) is 5.19.